The molecule has 0 atom stereocenters. The Kier molecular flexibility index (Phi) is 2.69. The standard InChI is InChI=1S/C12H10FN3/c1-2-16-8-9(7-14)12(15-16)10-5-3-4-6-11(10)13/h3-6,8H,2H2,1H3. The van der Waals surface area contributed by atoms with Crippen LogP contribution in [0.3, 0.4) is 0 Å². The van der Waals surface area contributed by atoms with E-state index >= 15 is 0 Å². The number of nitriles is 1. The molecule has 3 nitrogen and oxygen atoms in total. The minimum absolute atomic E-state index is 0.361. The van der Waals surface area contributed by atoms with E-state index in [1.54, 1.807) is 29.1 Å². The van der Waals surface area contributed by atoms with Crippen molar-refractivity contribution in [3.63, 3.8) is 0 Å². The van der Waals surface area contributed by atoms with Gasteiger partial charge < -0.3 is 0 Å². The minimum Gasteiger partial charge on any atom is -0.271 e. The zero-order valence-electron chi connectivity index (χ0n) is 8.81. The summed E-state index contributed by atoms with van der Waals surface area (Å²) in [5.74, 6) is -0.361. The van der Waals surface area contributed by atoms with Crippen molar-refractivity contribution in [2.24, 2.45) is 0 Å². The fourth-order valence-electron chi connectivity index (χ4n) is 1.52. The lowest BCUT2D eigenvalue weighted by molar-refractivity contribution is 0.627. The average Bonchev–Trinajstić information content (AvgIpc) is 2.72. The van der Waals surface area contributed by atoms with E-state index in [2.05, 4.69) is 5.10 Å². The van der Waals surface area contributed by atoms with Crippen LogP contribution in [-0.4, -0.2) is 9.78 Å². The van der Waals surface area contributed by atoms with Crippen molar-refractivity contribution in [2.75, 3.05) is 0 Å². The number of benzene rings is 1. The second kappa shape index (κ2) is 4.15. The van der Waals surface area contributed by atoms with E-state index in [4.69, 9.17) is 5.26 Å². The predicted octanol–water partition coefficient (Wildman–Crippen LogP) is 2.58. The van der Waals surface area contributed by atoms with Crippen LogP contribution in [0.2, 0.25) is 0 Å². The Balaban J connectivity index is 2.60. The Morgan fingerprint density at radius 2 is 2.19 bits per heavy atom. The van der Waals surface area contributed by atoms with E-state index < -0.39 is 0 Å². The van der Waals surface area contributed by atoms with Gasteiger partial charge in [-0.3, -0.25) is 4.68 Å². The third-order valence-electron chi connectivity index (χ3n) is 2.34. The zero-order valence-corrected chi connectivity index (χ0v) is 8.81. The first kappa shape index (κ1) is 10.4. The topological polar surface area (TPSA) is 41.6 Å². The highest BCUT2D eigenvalue weighted by Gasteiger charge is 2.13. The highest BCUT2D eigenvalue weighted by molar-refractivity contribution is 5.66. The Labute approximate surface area is 92.7 Å². The molecule has 80 valence electrons. The Hall–Kier alpha value is -2.15. The normalized spacial score (nSPS) is 10.1. The van der Waals surface area contributed by atoms with Crippen molar-refractivity contribution < 1.29 is 4.39 Å². The number of hydrogen-bond donors (Lipinski definition) is 0. The molecule has 2 rings (SSSR count). The summed E-state index contributed by atoms with van der Waals surface area (Å²) in [5, 5.41) is 13.1. The number of hydrogen-bond acceptors (Lipinski definition) is 2. The molecule has 1 aromatic carbocycles. The zero-order chi connectivity index (χ0) is 11.5. The fraction of sp³-hybridized carbons (Fsp3) is 0.167. The molecular formula is C12H10FN3. The number of halogens is 1. The van der Waals surface area contributed by atoms with Crippen LogP contribution in [0.4, 0.5) is 4.39 Å². The Morgan fingerprint density at radius 3 is 2.81 bits per heavy atom. The van der Waals surface area contributed by atoms with Gasteiger partial charge in [0, 0.05) is 18.3 Å². The number of aryl methyl sites for hydroxylation is 1. The Morgan fingerprint density at radius 1 is 1.44 bits per heavy atom. The monoisotopic (exact) mass is 215 g/mol. The van der Waals surface area contributed by atoms with Crippen molar-refractivity contribution in [3.8, 4) is 17.3 Å². The molecule has 1 heterocycles. The van der Waals surface area contributed by atoms with Crippen molar-refractivity contribution in [3.05, 3.63) is 41.8 Å². The molecule has 0 saturated heterocycles. The molecule has 16 heavy (non-hydrogen) atoms. The molecule has 0 spiro atoms. The van der Waals surface area contributed by atoms with E-state index in [1.165, 1.54) is 6.07 Å². The molecule has 0 radical (unpaired) electrons. The second-order valence-electron chi connectivity index (χ2n) is 3.34. The maximum atomic E-state index is 13.5. The largest absolute Gasteiger partial charge is 0.271 e. The number of rotatable bonds is 2. The molecule has 1 aromatic heterocycles. The lowest BCUT2D eigenvalue weighted by Gasteiger charge is -1.98. The SMILES string of the molecule is CCn1cc(C#N)c(-c2ccccc2F)n1. The van der Waals surface area contributed by atoms with Crippen LogP contribution in [0.5, 0.6) is 0 Å². The van der Waals surface area contributed by atoms with Gasteiger partial charge in [-0.1, -0.05) is 12.1 Å². The van der Waals surface area contributed by atoms with Crippen molar-refractivity contribution in [2.45, 2.75) is 13.5 Å². The lowest BCUT2D eigenvalue weighted by Crippen LogP contribution is -1.94. The molecule has 0 bridgehead atoms. The van der Waals surface area contributed by atoms with E-state index in [-0.39, 0.29) is 5.82 Å². The van der Waals surface area contributed by atoms with Gasteiger partial charge >= 0.3 is 0 Å². The molecule has 0 aliphatic heterocycles. The van der Waals surface area contributed by atoms with Crippen LogP contribution < -0.4 is 0 Å². The summed E-state index contributed by atoms with van der Waals surface area (Å²) in [4.78, 5) is 0. The number of aromatic nitrogens is 2. The smallest absolute Gasteiger partial charge is 0.132 e. The molecule has 0 amide bonds. The molecule has 0 aliphatic rings. The lowest BCUT2D eigenvalue weighted by atomic mass is 10.1. The summed E-state index contributed by atoms with van der Waals surface area (Å²) in [6, 6.07) is 8.35. The first-order chi connectivity index (χ1) is 7.76. The van der Waals surface area contributed by atoms with E-state index in [0.29, 0.717) is 23.4 Å². The summed E-state index contributed by atoms with van der Waals surface area (Å²) < 4.78 is 15.2. The molecule has 0 unspecified atom stereocenters. The minimum atomic E-state index is -0.361. The molecule has 0 fully saturated rings. The highest BCUT2D eigenvalue weighted by Crippen LogP contribution is 2.24. The fourth-order valence-corrected chi connectivity index (χ4v) is 1.52. The Bertz CT molecular complexity index is 552. The third-order valence-corrected chi connectivity index (χ3v) is 2.34. The van der Waals surface area contributed by atoms with Gasteiger partial charge in [0.1, 0.15) is 17.6 Å². The molecule has 2 aromatic rings. The van der Waals surface area contributed by atoms with Crippen LogP contribution in [0, 0.1) is 17.1 Å². The van der Waals surface area contributed by atoms with E-state index in [1.807, 2.05) is 13.0 Å². The first-order valence-electron chi connectivity index (χ1n) is 4.98. The van der Waals surface area contributed by atoms with Gasteiger partial charge in [-0.15, -0.1) is 0 Å². The van der Waals surface area contributed by atoms with E-state index in [0.717, 1.165) is 0 Å². The van der Waals surface area contributed by atoms with Gasteiger partial charge in [-0.25, -0.2) is 4.39 Å². The summed E-state index contributed by atoms with van der Waals surface area (Å²) in [5.41, 5.74) is 1.17. The summed E-state index contributed by atoms with van der Waals surface area (Å²) in [7, 11) is 0. The quantitative estimate of drug-likeness (QED) is 0.772. The molecular weight excluding hydrogens is 205 g/mol. The van der Waals surface area contributed by atoms with Gasteiger partial charge in [0.05, 0.1) is 5.56 Å². The van der Waals surface area contributed by atoms with Gasteiger partial charge in [0.25, 0.3) is 0 Å². The van der Waals surface area contributed by atoms with Gasteiger partial charge in [0.2, 0.25) is 0 Å². The van der Waals surface area contributed by atoms with Crippen molar-refractivity contribution in [1.29, 1.82) is 5.26 Å². The van der Waals surface area contributed by atoms with Crippen molar-refractivity contribution in [1.82, 2.24) is 9.78 Å². The molecule has 0 saturated carbocycles. The average molecular weight is 215 g/mol. The van der Waals surface area contributed by atoms with Crippen LogP contribution >= 0.6 is 0 Å². The number of nitrogens with zero attached hydrogens (tertiary/aromatic N) is 3. The molecule has 4 heteroatoms. The summed E-state index contributed by atoms with van der Waals surface area (Å²) in [6.07, 6.45) is 1.63. The molecule has 0 N–H and O–H groups in total. The first-order valence-corrected chi connectivity index (χ1v) is 4.98. The molecule has 0 aliphatic carbocycles. The maximum absolute atomic E-state index is 13.5. The van der Waals surface area contributed by atoms with Crippen LogP contribution in [-0.2, 0) is 6.54 Å². The summed E-state index contributed by atoms with van der Waals surface area (Å²) in [6.45, 7) is 2.57. The highest BCUT2D eigenvalue weighted by atomic mass is 19.1. The van der Waals surface area contributed by atoms with Crippen molar-refractivity contribution >= 4 is 0 Å². The second-order valence-corrected chi connectivity index (χ2v) is 3.34. The third kappa shape index (κ3) is 1.68. The summed E-state index contributed by atoms with van der Waals surface area (Å²) >= 11 is 0. The van der Waals surface area contributed by atoms with E-state index in [9.17, 15) is 4.39 Å². The maximum Gasteiger partial charge on any atom is 0.132 e. The van der Waals surface area contributed by atoms with Gasteiger partial charge in [-0.2, -0.15) is 10.4 Å². The van der Waals surface area contributed by atoms with Crippen LogP contribution in [0.25, 0.3) is 11.3 Å². The van der Waals surface area contributed by atoms with Crippen LogP contribution in [0.1, 0.15) is 12.5 Å². The van der Waals surface area contributed by atoms with Crippen LogP contribution in [0.15, 0.2) is 30.5 Å². The van der Waals surface area contributed by atoms with Gasteiger partial charge in [-0.05, 0) is 19.1 Å². The van der Waals surface area contributed by atoms with Gasteiger partial charge in [0.15, 0.2) is 0 Å². The predicted molar refractivity (Wildman–Crippen MR) is 58.0 cm³/mol.